The molecule has 0 radical (unpaired) electrons. The number of hydrogen-bond acceptors (Lipinski definition) is 3. The zero-order chi connectivity index (χ0) is 16.3. The van der Waals surface area contributed by atoms with Crippen molar-refractivity contribution in [3.05, 3.63) is 11.8 Å². The number of amides is 1. The Bertz CT molecular complexity index is 445. The molecule has 0 aromatic heterocycles. The molecule has 0 aliphatic heterocycles. The normalized spacial score (nSPS) is 11.4. The molecule has 0 aliphatic carbocycles. The molecule has 21 heavy (non-hydrogen) atoms. The highest BCUT2D eigenvalue weighted by molar-refractivity contribution is 6.76. The summed E-state index contributed by atoms with van der Waals surface area (Å²) in [6, 6.07) is 0. The minimum absolute atomic E-state index is 0.0101. The maximum Gasteiger partial charge on any atom is 0.348 e. The summed E-state index contributed by atoms with van der Waals surface area (Å²) in [4.78, 5) is 23.1. The first-order valence-electron chi connectivity index (χ1n) is 6.56. The first kappa shape index (κ1) is 20.1. The van der Waals surface area contributed by atoms with E-state index in [2.05, 4.69) is 24.1 Å². The van der Waals surface area contributed by atoms with Crippen molar-refractivity contribution in [1.29, 1.82) is 0 Å². The van der Waals surface area contributed by atoms with Gasteiger partial charge in [-0.1, -0.05) is 66.4 Å². The molecule has 0 aliphatic rings. The van der Waals surface area contributed by atoms with Crippen molar-refractivity contribution in [2.75, 3.05) is 6.61 Å². The van der Waals surface area contributed by atoms with Gasteiger partial charge in [0.05, 0.1) is 6.61 Å². The van der Waals surface area contributed by atoms with E-state index in [0.29, 0.717) is 6.42 Å². The van der Waals surface area contributed by atoms with Crippen molar-refractivity contribution in [3.8, 4) is 11.8 Å². The van der Waals surface area contributed by atoms with Crippen LogP contribution < -0.4 is 5.32 Å². The Labute approximate surface area is 140 Å². The third kappa shape index (κ3) is 9.62. The number of alkyl halides is 3. The molecule has 0 fully saturated rings. The predicted molar refractivity (Wildman–Crippen MR) is 85.1 cm³/mol. The van der Waals surface area contributed by atoms with E-state index < -0.39 is 15.7 Å². The van der Waals surface area contributed by atoms with Crippen LogP contribution in [0, 0.1) is 11.8 Å². The van der Waals surface area contributed by atoms with Gasteiger partial charge in [-0.05, 0) is 13.3 Å². The summed E-state index contributed by atoms with van der Waals surface area (Å²) in [6.07, 6.45) is 4.84. The summed E-state index contributed by atoms with van der Waals surface area (Å²) in [6.45, 7) is 3.96. The van der Waals surface area contributed by atoms with Crippen LogP contribution in [0.4, 0.5) is 0 Å². The topological polar surface area (TPSA) is 55.4 Å². The van der Waals surface area contributed by atoms with Crippen LogP contribution in [0.1, 0.15) is 39.5 Å². The van der Waals surface area contributed by atoms with Gasteiger partial charge in [-0.25, -0.2) is 4.79 Å². The fourth-order valence-electron chi connectivity index (χ4n) is 1.20. The fourth-order valence-corrected chi connectivity index (χ4v) is 1.36. The largest absolute Gasteiger partial charge is 0.462 e. The predicted octanol–water partition coefficient (Wildman–Crippen LogP) is 3.50. The smallest absolute Gasteiger partial charge is 0.348 e. The van der Waals surface area contributed by atoms with Crippen LogP contribution in [0.15, 0.2) is 11.8 Å². The number of nitrogens with one attached hydrogen (secondary N) is 1. The molecule has 0 aromatic carbocycles. The summed E-state index contributed by atoms with van der Waals surface area (Å²) in [5.41, 5.74) is 0.0101. The number of carbonyl (C=O) groups is 2. The molecule has 0 unspecified atom stereocenters. The van der Waals surface area contributed by atoms with Gasteiger partial charge in [0.2, 0.25) is 0 Å². The molecular weight excluding hydrogens is 337 g/mol. The Morgan fingerprint density at radius 1 is 1.24 bits per heavy atom. The molecule has 0 atom stereocenters. The average molecular weight is 355 g/mol. The zero-order valence-corrected chi connectivity index (χ0v) is 14.2. The van der Waals surface area contributed by atoms with Crippen molar-refractivity contribution < 1.29 is 14.3 Å². The van der Waals surface area contributed by atoms with Gasteiger partial charge < -0.3 is 10.1 Å². The van der Waals surface area contributed by atoms with Gasteiger partial charge in [-0.15, -0.1) is 0 Å². The van der Waals surface area contributed by atoms with E-state index in [1.807, 2.05) is 0 Å². The Hall–Kier alpha value is -0.890. The lowest BCUT2D eigenvalue weighted by atomic mass is 10.2. The minimum atomic E-state index is -2.11. The van der Waals surface area contributed by atoms with Crippen LogP contribution >= 0.6 is 34.8 Å². The lowest BCUT2D eigenvalue weighted by Crippen LogP contribution is -2.31. The van der Waals surface area contributed by atoms with Crippen molar-refractivity contribution >= 4 is 46.7 Å². The summed E-state index contributed by atoms with van der Waals surface area (Å²) >= 11 is 16.2. The Balaban J connectivity index is 4.81. The highest BCUT2D eigenvalue weighted by Crippen LogP contribution is 2.25. The lowest BCUT2D eigenvalue weighted by Gasteiger charge is -2.08. The number of halogens is 3. The van der Waals surface area contributed by atoms with Crippen LogP contribution in [-0.2, 0) is 14.3 Å². The summed E-state index contributed by atoms with van der Waals surface area (Å²) in [5, 5.41) is 2.21. The van der Waals surface area contributed by atoms with Crippen LogP contribution in [-0.4, -0.2) is 22.3 Å². The van der Waals surface area contributed by atoms with E-state index in [4.69, 9.17) is 39.5 Å². The number of esters is 1. The molecular formula is C14H18Cl3NO3. The van der Waals surface area contributed by atoms with Crippen LogP contribution in [0.5, 0.6) is 0 Å². The molecule has 0 bridgehead atoms. The molecule has 1 amide bonds. The van der Waals surface area contributed by atoms with Gasteiger partial charge in [0.25, 0.3) is 9.70 Å². The van der Waals surface area contributed by atoms with Crippen molar-refractivity contribution in [2.45, 2.75) is 43.3 Å². The fraction of sp³-hybridized carbons (Fsp3) is 0.571. The Kier molecular flexibility index (Phi) is 10.3. The second-order valence-corrected chi connectivity index (χ2v) is 6.29. The summed E-state index contributed by atoms with van der Waals surface area (Å²) < 4.78 is 2.73. The average Bonchev–Trinajstić information content (AvgIpc) is 2.40. The van der Waals surface area contributed by atoms with Crippen LogP contribution in [0.25, 0.3) is 0 Å². The molecule has 0 heterocycles. The number of unbranched alkanes of at least 4 members (excludes halogenated alkanes) is 3. The van der Waals surface area contributed by atoms with E-state index in [1.165, 1.54) is 0 Å². The van der Waals surface area contributed by atoms with E-state index in [1.54, 1.807) is 6.92 Å². The quantitative estimate of drug-likeness (QED) is 0.261. The molecule has 0 aromatic rings. The van der Waals surface area contributed by atoms with Crippen molar-refractivity contribution in [1.82, 2.24) is 5.32 Å². The van der Waals surface area contributed by atoms with E-state index in [9.17, 15) is 9.59 Å². The maximum atomic E-state index is 11.7. The Morgan fingerprint density at radius 3 is 2.43 bits per heavy atom. The number of hydrogen-bond donors (Lipinski definition) is 1. The van der Waals surface area contributed by atoms with Crippen molar-refractivity contribution in [3.63, 3.8) is 0 Å². The van der Waals surface area contributed by atoms with Gasteiger partial charge in [-0.3, -0.25) is 4.79 Å². The van der Waals surface area contributed by atoms with Crippen molar-refractivity contribution in [2.24, 2.45) is 0 Å². The van der Waals surface area contributed by atoms with Crippen LogP contribution in [0.2, 0.25) is 0 Å². The van der Waals surface area contributed by atoms with E-state index in [-0.39, 0.29) is 12.2 Å². The van der Waals surface area contributed by atoms with Gasteiger partial charge in [-0.2, -0.15) is 0 Å². The second-order valence-electron chi connectivity index (χ2n) is 4.01. The van der Waals surface area contributed by atoms with E-state index in [0.717, 1.165) is 25.5 Å². The van der Waals surface area contributed by atoms with Crippen LogP contribution in [0.3, 0.4) is 0 Å². The first-order valence-corrected chi connectivity index (χ1v) is 7.70. The lowest BCUT2D eigenvalue weighted by molar-refractivity contribution is -0.138. The molecule has 0 saturated heterocycles. The third-order valence-corrected chi connectivity index (χ3v) is 2.74. The zero-order valence-electron chi connectivity index (χ0n) is 12.0. The third-order valence-electron chi connectivity index (χ3n) is 2.23. The van der Waals surface area contributed by atoms with Gasteiger partial charge in [0.1, 0.15) is 5.57 Å². The number of rotatable bonds is 6. The molecule has 7 heteroatoms. The highest BCUT2D eigenvalue weighted by atomic mass is 35.6. The van der Waals surface area contributed by atoms with Gasteiger partial charge in [0, 0.05) is 12.6 Å². The molecule has 1 N–H and O–H groups in total. The molecule has 118 valence electrons. The molecule has 0 saturated carbocycles. The summed E-state index contributed by atoms with van der Waals surface area (Å²) in [5.74, 6) is 4.01. The summed E-state index contributed by atoms with van der Waals surface area (Å²) in [7, 11) is 0. The first-order chi connectivity index (χ1) is 9.82. The number of carbonyl (C=O) groups excluding carboxylic acids is 2. The SMILES string of the molecule is CCCCCC#C/C(=C\NC(=O)C(Cl)(Cl)Cl)C(=O)OCC. The number of ether oxygens (including phenoxy) is 1. The molecule has 4 nitrogen and oxygen atoms in total. The van der Waals surface area contributed by atoms with Gasteiger partial charge in [0.15, 0.2) is 0 Å². The Morgan fingerprint density at radius 2 is 1.90 bits per heavy atom. The molecule has 0 rings (SSSR count). The maximum absolute atomic E-state index is 11.7. The monoisotopic (exact) mass is 353 g/mol. The highest BCUT2D eigenvalue weighted by Gasteiger charge is 2.30. The molecule has 0 spiro atoms. The van der Waals surface area contributed by atoms with Gasteiger partial charge >= 0.3 is 5.97 Å². The second kappa shape index (κ2) is 10.8. The standard InChI is InChI=1S/C14H18Cl3NO3/c1-3-5-6-7-8-9-11(12(19)21-4-2)10-18-13(20)14(15,16)17/h10H,3-7H2,1-2H3,(H,18,20)/b11-10+. The minimum Gasteiger partial charge on any atom is -0.462 e. The van der Waals surface area contributed by atoms with E-state index >= 15 is 0 Å².